The lowest BCUT2D eigenvalue weighted by molar-refractivity contribution is -0.136. The fourth-order valence-electron chi connectivity index (χ4n) is 3.95. The molecule has 3 amide bonds. The SMILES string of the molecule is O=C(NNC(=O)[C@H]1CCCO1)[C@@H]1CC(=O)N(c2ccc3c(c2)CCC3)C1. The average Bonchev–Trinajstić information content (AvgIpc) is 3.38. The number of amides is 3. The Hall–Kier alpha value is -2.41. The number of nitrogens with one attached hydrogen (secondary N) is 2. The highest BCUT2D eigenvalue weighted by molar-refractivity contribution is 6.00. The van der Waals surface area contributed by atoms with E-state index in [1.807, 2.05) is 6.07 Å². The molecular formula is C19H23N3O4. The maximum Gasteiger partial charge on any atom is 0.267 e. The van der Waals surface area contributed by atoms with Gasteiger partial charge in [-0.3, -0.25) is 25.2 Å². The highest BCUT2D eigenvalue weighted by atomic mass is 16.5. The Bertz CT molecular complexity index is 742. The van der Waals surface area contributed by atoms with Crippen LogP contribution < -0.4 is 15.8 Å². The standard InChI is InChI=1S/C19H23N3O4/c23-17-10-14(18(24)20-21-19(25)16-5-2-8-26-16)11-22(17)15-7-6-12-3-1-4-13(12)9-15/h6-7,9,14,16H,1-5,8,10-11H2,(H,20,24)(H,21,25)/t14-,16-/m1/s1. The van der Waals surface area contributed by atoms with E-state index in [0.717, 1.165) is 31.4 Å². The summed E-state index contributed by atoms with van der Waals surface area (Å²) in [5, 5.41) is 0. The molecule has 0 radical (unpaired) electrons. The Labute approximate surface area is 152 Å². The third kappa shape index (κ3) is 3.31. The van der Waals surface area contributed by atoms with Crippen molar-refractivity contribution < 1.29 is 19.1 Å². The van der Waals surface area contributed by atoms with Crippen LogP contribution in [0.3, 0.4) is 0 Å². The molecule has 138 valence electrons. The lowest BCUT2D eigenvalue weighted by Gasteiger charge is -2.18. The van der Waals surface area contributed by atoms with Gasteiger partial charge in [0.15, 0.2) is 0 Å². The fourth-order valence-corrected chi connectivity index (χ4v) is 3.95. The smallest absolute Gasteiger partial charge is 0.267 e. The van der Waals surface area contributed by atoms with Crippen LogP contribution in [-0.4, -0.2) is 37.0 Å². The van der Waals surface area contributed by atoms with Crippen molar-refractivity contribution in [2.75, 3.05) is 18.1 Å². The number of hydrogen-bond donors (Lipinski definition) is 2. The molecule has 26 heavy (non-hydrogen) atoms. The van der Waals surface area contributed by atoms with E-state index in [1.165, 1.54) is 11.1 Å². The van der Waals surface area contributed by atoms with E-state index in [1.54, 1.807) is 4.90 Å². The largest absolute Gasteiger partial charge is 0.368 e. The van der Waals surface area contributed by atoms with Crippen molar-refractivity contribution in [1.29, 1.82) is 0 Å². The van der Waals surface area contributed by atoms with E-state index < -0.39 is 12.0 Å². The van der Waals surface area contributed by atoms with Crippen molar-refractivity contribution in [3.8, 4) is 0 Å². The van der Waals surface area contributed by atoms with Crippen LogP contribution in [-0.2, 0) is 32.0 Å². The number of rotatable bonds is 3. The van der Waals surface area contributed by atoms with Crippen LogP contribution in [0.5, 0.6) is 0 Å². The monoisotopic (exact) mass is 357 g/mol. The predicted octanol–water partition coefficient (Wildman–Crippen LogP) is 0.855. The summed E-state index contributed by atoms with van der Waals surface area (Å²) in [6.07, 6.45) is 4.46. The summed E-state index contributed by atoms with van der Waals surface area (Å²) in [6.45, 7) is 0.901. The minimum absolute atomic E-state index is 0.0615. The van der Waals surface area contributed by atoms with Gasteiger partial charge in [0.05, 0.1) is 5.92 Å². The molecule has 3 aliphatic rings. The summed E-state index contributed by atoms with van der Waals surface area (Å²) in [6, 6.07) is 6.11. The normalized spacial score (nSPS) is 24.6. The van der Waals surface area contributed by atoms with E-state index in [2.05, 4.69) is 23.0 Å². The highest BCUT2D eigenvalue weighted by Crippen LogP contribution is 2.30. The van der Waals surface area contributed by atoms with Gasteiger partial charge in [-0.25, -0.2) is 0 Å². The number of anilines is 1. The molecule has 2 N–H and O–H groups in total. The molecule has 0 saturated carbocycles. The molecule has 2 heterocycles. The van der Waals surface area contributed by atoms with E-state index in [4.69, 9.17) is 4.74 Å². The van der Waals surface area contributed by atoms with Gasteiger partial charge in [-0.1, -0.05) is 6.07 Å². The van der Waals surface area contributed by atoms with Crippen LogP contribution in [0.25, 0.3) is 0 Å². The van der Waals surface area contributed by atoms with Gasteiger partial charge in [-0.15, -0.1) is 0 Å². The molecule has 1 aromatic rings. The summed E-state index contributed by atoms with van der Waals surface area (Å²) in [5.41, 5.74) is 8.36. The molecule has 2 aliphatic heterocycles. The second kappa shape index (κ2) is 7.07. The Balaban J connectivity index is 1.35. The number of benzene rings is 1. The minimum atomic E-state index is -0.497. The molecule has 0 unspecified atom stereocenters. The van der Waals surface area contributed by atoms with Gasteiger partial charge >= 0.3 is 0 Å². The number of nitrogens with zero attached hydrogens (tertiary/aromatic N) is 1. The lowest BCUT2D eigenvalue weighted by atomic mass is 10.1. The number of hydrogen-bond acceptors (Lipinski definition) is 4. The Morgan fingerprint density at radius 1 is 1.08 bits per heavy atom. The first-order valence-electron chi connectivity index (χ1n) is 9.25. The summed E-state index contributed by atoms with van der Waals surface area (Å²) >= 11 is 0. The van der Waals surface area contributed by atoms with Crippen LogP contribution in [0.1, 0.15) is 36.8 Å². The van der Waals surface area contributed by atoms with Crippen LogP contribution in [0.2, 0.25) is 0 Å². The van der Waals surface area contributed by atoms with Crippen LogP contribution in [0.15, 0.2) is 18.2 Å². The van der Waals surface area contributed by atoms with E-state index in [0.29, 0.717) is 19.6 Å². The molecule has 2 fully saturated rings. The van der Waals surface area contributed by atoms with Crippen molar-refractivity contribution in [2.45, 2.75) is 44.6 Å². The number of hydrazine groups is 1. The summed E-state index contributed by atoms with van der Waals surface area (Å²) in [4.78, 5) is 38.3. The Morgan fingerprint density at radius 3 is 2.69 bits per heavy atom. The first kappa shape index (κ1) is 17.0. The van der Waals surface area contributed by atoms with Gasteiger partial charge in [0, 0.05) is 25.3 Å². The molecule has 2 atom stereocenters. The molecule has 4 rings (SSSR count). The van der Waals surface area contributed by atoms with Crippen molar-refractivity contribution in [3.63, 3.8) is 0 Å². The van der Waals surface area contributed by atoms with Gasteiger partial charge in [0.2, 0.25) is 11.8 Å². The van der Waals surface area contributed by atoms with E-state index >= 15 is 0 Å². The quantitative estimate of drug-likeness (QED) is 0.786. The molecule has 7 nitrogen and oxygen atoms in total. The number of carbonyl (C=O) groups excluding carboxylic acids is 3. The van der Waals surface area contributed by atoms with Gasteiger partial charge in [-0.05, 0) is 55.4 Å². The Kier molecular flexibility index (Phi) is 4.63. The highest BCUT2D eigenvalue weighted by Gasteiger charge is 2.36. The summed E-state index contributed by atoms with van der Waals surface area (Å²) in [7, 11) is 0. The molecular weight excluding hydrogens is 334 g/mol. The van der Waals surface area contributed by atoms with Gasteiger partial charge in [0.1, 0.15) is 6.10 Å². The molecule has 1 aromatic carbocycles. The zero-order valence-corrected chi connectivity index (χ0v) is 14.6. The molecule has 0 aromatic heterocycles. The second-order valence-corrected chi connectivity index (χ2v) is 7.19. The zero-order valence-electron chi connectivity index (χ0n) is 14.6. The molecule has 2 saturated heterocycles. The maximum absolute atomic E-state index is 12.4. The van der Waals surface area contributed by atoms with Gasteiger partial charge in [-0.2, -0.15) is 0 Å². The van der Waals surface area contributed by atoms with Crippen LogP contribution >= 0.6 is 0 Å². The number of ether oxygens (including phenoxy) is 1. The summed E-state index contributed by atoms with van der Waals surface area (Å²) < 4.78 is 5.28. The van der Waals surface area contributed by atoms with Gasteiger partial charge in [0.25, 0.3) is 5.91 Å². The maximum atomic E-state index is 12.4. The molecule has 0 spiro atoms. The lowest BCUT2D eigenvalue weighted by Crippen LogP contribution is -2.48. The zero-order chi connectivity index (χ0) is 18.1. The van der Waals surface area contributed by atoms with Crippen molar-refractivity contribution in [2.24, 2.45) is 5.92 Å². The molecule has 0 bridgehead atoms. The summed E-state index contributed by atoms with van der Waals surface area (Å²) in [5.74, 6) is -1.21. The molecule has 1 aliphatic carbocycles. The topological polar surface area (TPSA) is 87.7 Å². The van der Waals surface area contributed by atoms with Crippen LogP contribution in [0.4, 0.5) is 5.69 Å². The Morgan fingerprint density at radius 2 is 1.88 bits per heavy atom. The first-order chi connectivity index (χ1) is 12.6. The number of fused-ring (bicyclic) bond motifs is 1. The van der Waals surface area contributed by atoms with Crippen LogP contribution in [0, 0.1) is 5.92 Å². The van der Waals surface area contributed by atoms with Crippen molar-refractivity contribution in [3.05, 3.63) is 29.3 Å². The van der Waals surface area contributed by atoms with E-state index in [-0.39, 0.29) is 24.1 Å². The first-order valence-corrected chi connectivity index (χ1v) is 9.25. The third-order valence-electron chi connectivity index (χ3n) is 5.42. The number of aryl methyl sites for hydroxylation is 2. The van der Waals surface area contributed by atoms with Crippen molar-refractivity contribution >= 4 is 23.4 Å². The number of carbonyl (C=O) groups is 3. The third-order valence-corrected chi connectivity index (χ3v) is 5.42. The van der Waals surface area contributed by atoms with Gasteiger partial charge < -0.3 is 9.64 Å². The minimum Gasteiger partial charge on any atom is -0.368 e. The predicted molar refractivity (Wildman–Crippen MR) is 94.2 cm³/mol. The van der Waals surface area contributed by atoms with Crippen molar-refractivity contribution in [1.82, 2.24) is 10.9 Å². The average molecular weight is 357 g/mol. The van der Waals surface area contributed by atoms with E-state index in [9.17, 15) is 14.4 Å². The molecule has 7 heteroatoms. The fraction of sp³-hybridized carbons (Fsp3) is 0.526. The second-order valence-electron chi connectivity index (χ2n) is 7.19.